The van der Waals surface area contributed by atoms with Crippen molar-refractivity contribution < 1.29 is 9.31 Å². The summed E-state index contributed by atoms with van der Waals surface area (Å²) >= 11 is 1.37. The molecule has 20 heavy (non-hydrogen) atoms. The van der Waals surface area contributed by atoms with E-state index in [4.69, 9.17) is 0 Å². The lowest BCUT2D eigenvalue weighted by Crippen LogP contribution is -1.93. The maximum atomic E-state index is 13.5. The van der Waals surface area contributed by atoms with Crippen LogP contribution in [0.15, 0.2) is 23.4 Å². The first-order valence-electron chi connectivity index (χ1n) is 6.11. The van der Waals surface area contributed by atoms with Gasteiger partial charge in [0.1, 0.15) is 5.82 Å². The van der Waals surface area contributed by atoms with Crippen molar-refractivity contribution >= 4 is 17.4 Å². The molecule has 1 aliphatic carbocycles. The lowest BCUT2D eigenvalue weighted by Gasteiger charge is -1.99. The minimum absolute atomic E-state index is 0.469. The van der Waals surface area contributed by atoms with Gasteiger partial charge < -0.3 is 0 Å². The number of aromatic nitrogens is 3. The molecule has 1 aromatic carbocycles. The van der Waals surface area contributed by atoms with Crippen LogP contribution in [0.25, 0.3) is 0 Å². The van der Waals surface area contributed by atoms with Crippen LogP contribution in [0.2, 0.25) is 0 Å². The number of nitro groups is 1. The van der Waals surface area contributed by atoms with Crippen molar-refractivity contribution in [3.8, 4) is 0 Å². The van der Waals surface area contributed by atoms with Gasteiger partial charge in [-0.05, 0) is 24.5 Å². The van der Waals surface area contributed by atoms with Gasteiger partial charge in [-0.25, -0.2) is 4.98 Å². The first-order valence-corrected chi connectivity index (χ1v) is 7.10. The van der Waals surface area contributed by atoms with Crippen molar-refractivity contribution in [2.75, 3.05) is 0 Å². The number of benzene rings is 1. The summed E-state index contributed by atoms with van der Waals surface area (Å²) < 4.78 is 13.5. The largest absolute Gasteiger partial charge is 0.304 e. The van der Waals surface area contributed by atoms with Gasteiger partial charge in [0.2, 0.25) is 11.0 Å². The number of nitro benzene ring substituents is 1. The van der Waals surface area contributed by atoms with E-state index in [2.05, 4.69) is 15.2 Å². The third-order valence-corrected chi connectivity index (χ3v) is 3.94. The monoisotopic (exact) mass is 294 g/mol. The van der Waals surface area contributed by atoms with Gasteiger partial charge in [0.15, 0.2) is 0 Å². The Morgan fingerprint density at radius 3 is 2.95 bits per heavy atom. The van der Waals surface area contributed by atoms with E-state index >= 15 is 0 Å². The van der Waals surface area contributed by atoms with Gasteiger partial charge in [0.25, 0.3) is 0 Å². The van der Waals surface area contributed by atoms with E-state index in [-0.39, 0.29) is 0 Å². The molecular formula is C12H11FN4O2S. The Balaban J connectivity index is 1.65. The SMILES string of the molecule is O=[N+]([O-])c1ccc(CSc2n[nH]c(C3CC3)n2)cc1F. The van der Waals surface area contributed by atoms with Gasteiger partial charge in [-0.3, -0.25) is 15.2 Å². The molecule has 1 saturated carbocycles. The molecule has 1 aromatic heterocycles. The van der Waals surface area contributed by atoms with E-state index < -0.39 is 16.4 Å². The number of H-pyrrole nitrogens is 1. The third kappa shape index (κ3) is 2.79. The lowest BCUT2D eigenvalue weighted by atomic mass is 10.2. The molecule has 8 heteroatoms. The highest BCUT2D eigenvalue weighted by molar-refractivity contribution is 7.98. The number of thioether (sulfide) groups is 1. The number of halogens is 1. The van der Waals surface area contributed by atoms with E-state index in [9.17, 15) is 14.5 Å². The van der Waals surface area contributed by atoms with E-state index in [0.29, 0.717) is 22.4 Å². The maximum Gasteiger partial charge on any atom is 0.304 e. The van der Waals surface area contributed by atoms with Crippen molar-refractivity contribution in [1.82, 2.24) is 15.2 Å². The molecule has 104 valence electrons. The Labute approximate surface area is 118 Å². The molecule has 0 atom stereocenters. The minimum atomic E-state index is -0.818. The average Bonchev–Trinajstić information content (AvgIpc) is 3.15. The standard InChI is InChI=1S/C12H11FN4O2S/c13-9-5-7(1-4-10(9)17(18)19)6-20-12-14-11(15-16-12)8-2-3-8/h1,4-5,8H,2-3,6H2,(H,14,15,16). The number of rotatable bonds is 5. The normalized spacial score (nSPS) is 14.4. The summed E-state index contributed by atoms with van der Waals surface area (Å²) in [4.78, 5) is 14.1. The number of aromatic amines is 1. The molecule has 1 heterocycles. The minimum Gasteiger partial charge on any atom is -0.262 e. The molecule has 1 N–H and O–H groups in total. The van der Waals surface area contributed by atoms with E-state index in [1.165, 1.54) is 23.9 Å². The number of nitrogens with one attached hydrogen (secondary N) is 1. The molecular weight excluding hydrogens is 283 g/mol. The lowest BCUT2D eigenvalue weighted by molar-refractivity contribution is -0.387. The van der Waals surface area contributed by atoms with Gasteiger partial charge in [-0.15, -0.1) is 5.10 Å². The molecule has 0 radical (unpaired) electrons. The first kappa shape index (κ1) is 13.0. The quantitative estimate of drug-likeness (QED) is 0.520. The fourth-order valence-corrected chi connectivity index (χ4v) is 2.55. The van der Waals surface area contributed by atoms with Crippen LogP contribution in [0.1, 0.15) is 30.1 Å². The molecule has 6 nitrogen and oxygen atoms in total. The summed E-state index contributed by atoms with van der Waals surface area (Å²) in [6.45, 7) is 0. The van der Waals surface area contributed by atoms with Crippen LogP contribution in [0.4, 0.5) is 10.1 Å². The van der Waals surface area contributed by atoms with E-state index in [1.54, 1.807) is 6.07 Å². The topological polar surface area (TPSA) is 84.7 Å². The molecule has 0 amide bonds. The Kier molecular flexibility index (Phi) is 3.39. The number of hydrogen-bond acceptors (Lipinski definition) is 5. The van der Waals surface area contributed by atoms with Gasteiger partial charge in [-0.1, -0.05) is 17.8 Å². The predicted molar refractivity (Wildman–Crippen MR) is 71.0 cm³/mol. The second kappa shape index (κ2) is 5.20. The predicted octanol–water partition coefficient (Wildman–Crippen LogP) is 3.02. The molecule has 0 bridgehead atoms. The Hall–Kier alpha value is -1.96. The van der Waals surface area contributed by atoms with Gasteiger partial charge in [0, 0.05) is 17.7 Å². The molecule has 2 aromatic rings. The Bertz CT molecular complexity index is 657. The maximum absolute atomic E-state index is 13.5. The molecule has 3 rings (SSSR count). The summed E-state index contributed by atoms with van der Waals surface area (Å²) in [5, 5.41) is 18.1. The van der Waals surface area contributed by atoms with Crippen LogP contribution in [-0.4, -0.2) is 20.1 Å². The Morgan fingerprint density at radius 1 is 1.50 bits per heavy atom. The molecule has 0 aliphatic heterocycles. The molecule has 0 saturated heterocycles. The van der Waals surface area contributed by atoms with Crippen LogP contribution >= 0.6 is 11.8 Å². The summed E-state index contributed by atoms with van der Waals surface area (Å²) in [5.41, 5.74) is 0.156. The molecule has 0 unspecified atom stereocenters. The van der Waals surface area contributed by atoms with Crippen LogP contribution in [0.5, 0.6) is 0 Å². The van der Waals surface area contributed by atoms with Crippen LogP contribution in [0.3, 0.4) is 0 Å². The zero-order chi connectivity index (χ0) is 14.1. The summed E-state index contributed by atoms with van der Waals surface area (Å²) in [6.07, 6.45) is 2.29. The molecule has 0 spiro atoms. The summed E-state index contributed by atoms with van der Waals surface area (Å²) in [7, 11) is 0. The van der Waals surface area contributed by atoms with Gasteiger partial charge in [-0.2, -0.15) is 4.39 Å². The van der Waals surface area contributed by atoms with Crippen molar-refractivity contribution in [2.24, 2.45) is 0 Å². The molecule has 1 aliphatic rings. The first-order chi connectivity index (χ1) is 9.63. The van der Waals surface area contributed by atoms with Crippen molar-refractivity contribution in [3.05, 3.63) is 45.5 Å². The highest BCUT2D eigenvalue weighted by Crippen LogP contribution is 2.38. The fraction of sp³-hybridized carbons (Fsp3) is 0.333. The van der Waals surface area contributed by atoms with Crippen molar-refractivity contribution in [1.29, 1.82) is 0 Å². The molecule has 1 fully saturated rings. The Morgan fingerprint density at radius 2 is 2.30 bits per heavy atom. The number of hydrogen-bond donors (Lipinski definition) is 1. The zero-order valence-corrected chi connectivity index (χ0v) is 11.2. The fourth-order valence-electron chi connectivity index (χ4n) is 1.80. The van der Waals surface area contributed by atoms with Gasteiger partial charge >= 0.3 is 5.69 Å². The second-order valence-electron chi connectivity index (χ2n) is 4.61. The van der Waals surface area contributed by atoms with E-state index in [0.717, 1.165) is 18.7 Å². The van der Waals surface area contributed by atoms with Crippen LogP contribution in [0, 0.1) is 15.9 Å². The zero-order valence-electron chi connectivity index (χ0n) is 10.4. The average molecular weight is 294 g/mol. The van der Waals surface area contributed by atoms with Crippen LogP contribution in [-0.2, 0) is 5.75 Å². The van der Waals surface area contributed by atoms with Crippen molar-refractivity contribution in [3.63, 3.8) is 0 Å². The highest BCUT2D eigenvalue weighted by atomic mass is 32.2. The summed E-state index contributed by atoms with van der Waals surface area (Å²) in [5.74, 6) is 1.06. The van der Waals surface area contributed by atoms with Crippen molar-refractivity contribution in [2.45, 2.75) is 29.7 Å². The number of nitrogens with zero attached hydrogens (tertiary/aromatic N) is 3. The third-order valence-electron chi connectivity index (χ3n) is 3.02. The summed E-state index contributed by atoms with van der Waals surface area (Å²) in [6, 6.07) is 3.90. The highest BCUT2D eigenvalue weighted by Gasteiger charge is 2.27. The van der Waals surface area contributed by atoms with E-state index in [1.807, 2.05) is 0 Å². The second-order valence-corrected chi connectivity index (χ2v) is 5.55. The van der Waals surface area contributed by atoms with Gasteiger partial charge in [0.05, 0.1) is 4.92 Å². The smallest absolute Gasteiger partial charge is 0.262 e. The van der Waals surface area contributed by atoms with Crippen LogP contribution < -0.4 is 0 Å².